The highest BCUT2D eigenvalue weighted by Crippen LogP contribution is 2.64. The second-order valence-corrected chi connectivity index (χ2v) is 13.2. The maximum atomic E-state index is 14.4. The van der Waals surface area contributed by atoms with Gasteiger partial charge in [-0.1, -0.05) is 35.9 Å². The average molecular weight is 689 g/mol. The Bertz CT molecular complexity index is 1720. The number of phenolic OH excluding ortho intramolecular Hbond substituents is 1. The van der Waals surface area contributed by atoms with Gasteiger partial charge in [-0.2, -0.15) is 0 Å². The third-order valence-electron chi connectivity index (χ3n) is 9.91. The topological polar surface area (TPSA) is 104 Å². The Labute approximate surface area is 262 Å². The van der Waals surface area contributed by atoms with Crippen LogP contribution in [0.25, 0.3) is 0 Å². The molecule has 4 aliphatic rings. The third-order valence-corrected chi connectivity index (χ3v) is 10.6. The zero-order valence-corrected chi connectivity index (χ0v) is 25.7. The van der Waals surface area contributed by atoms with E-state index in [-0.39, 0.29) is 41.5 Å². The number of fused-ring (bicyclic) bond motifs is 4. The van der Waals surface area contributed by atoms with Crippen LogP contribution in [0.1, 0.15) is 31.2 Å². The van der Waals surface area contributed by atoms with Gasteiger partial charge < -0.3 is 9.84 Å². The normalized spacial score (nSPS) is 29.7. The molecule has 2 heterocycles. The molecule has 3 aromatic carbocycles. The van der Waals surface area contributed by atoms with Gasteiger partial charge in [-0.05, 0) is 102 Å². The number of benzene rings is 3. The smallest absolute Gasteiger partial charge is 0.241 e. The first kappa shape index (κ1) is 27.8. The minimum atomic E-state index is -1.16. The Morgan fingerprint density at radius 3 is 2.26 bits per heavy atom. The number of carbonyl (C=O) groups excluding carboxylic acids is 4. The number of ether oxygens (including phenoxy) is 1. The van der Waals surface area contributed by atoms with Gasteiger partial charge in [0.05, 0.1) is 41.7 Å². The van der Waals surface area contributed by atoms with E-state index in [0.717, 1.165) is 9.14 Å². The summed E-state index contributed by atoms with van der Waals surface area (Å²) in [7, 11) is 1.46. The number of imide groups is 2. The highest BCUT2D eigenvalue weighted by atomic mass is 127. The average Bonchev–Trinajstić information content (AvgIpc) is 3.38. The number of allylic oxidation sites excluding steroid dienone is 2. The molecule has 1 N–H and O–H groups in total. The molecule has 6 unspecified atom stereocenters. The second-order valence-electron chi connectivity index (χ2n) is 11.9. The summed E-state index contributed by atoms with van der Waals surface area (Å²) in [4.78, 5) is 59.1. The third kappa shape index (κ3) is 3.93. The van der Waals surface area contributed by atoms with Gasteiger partial charge >= 0.3 is 0 Å². The van der Waals surface area contributed by atoms with Gasteiger partial charge in [-0.3, -0.25) is 24.1 Å². The lowest BCUT2D eigenvalue weighted by molar-refractivity contribution is -0.131. The quantitative estimate of drug-likeness (QED) is 0.223. The maximum absolute atomic E-state index is 14.4. The van der Waals surface area contributed by atoms with Crippen molar-refractivity contribution < 1.29 is 29.0 Å². The molecule has 2 aliphatic carbocycles. The van der Waals surface area contributed by atoms with E-state index < -0.39 is 35.0 Å². The molecule has 9 heteroatoms. The van der Waals surface area contributed by atoms with E-state index in [1.807, 2.05) is 31.2 Å². The van der Waals surface area contributed by atoms with E-state index in [1.54, 1.807) is 48.5 Å². The van der Waals surface area contributed by atoms with E-state index in [0.29, 0.717) is 23.4 Å². The molecule has 7 rings (SSSR count). The number of carbonyl (C=O) groups is 4. The highest BCUT2D eigenvalue weighted by molar-refractivity contribution is 14.1. The van der Waals surface area contributed by atoms with E-state index in [1.165, 1.54) is 23.0 Å². The number of rotatable bonds is 4. The van der Waals surface area contributed by atoms with Crippen molar-refractivity contribution in [1.82, 2.24) is 0 Å². The van der Waals surface area contributed by atoms with Crippen LogP contribution < -0.4 is 14.5 Å². The lowest BCUT2D eigenvalue weighted by Crippen LogP contribution is -2.48. The number of halogens is 1. The molecule has 3 aromatic rings. The molecule has 0 spiro atoms. The number of anilines is 2. The van der Waals surface area contributed by atoms with Crippen molar-refractivity contribution in [2.45, 2.75) is 25.7 Å². The van der Waals surface area contributed by atoms with Crippen molar-refractivity contribution in [1.29, 1.82) is 0 Å². The largest absolute Gasteiger partial charge is 0.504 e. The molecular weight excluding hydrogens is 659 g/mol. The van der Waals surface area contributed by atoms with E-state index in [4.69, 9.17) is 4.74 Å². The molecule has 8 nitrogen and oxygen atoms in total. The Morgan fingerprint density at radius 2 is 1.56 bits per heavy atom. The van der Waals surface area contributed by atoms with Crippen molar-refractivity contribution in [2.75, 3.05) is 16.9 Å². The number of phenols is 1. The standard InChI is InChI=1S/C34H29IN2O6/c1-34-25(31(40)37(33(34)42)20-6-4-3-5-7-20)17-24-22(29(34)18-8-15-26(38)27(16-18)43-2)13-14-23-28(24)32(41)36(30(23)39)21-11-9-19(35)10-12-21/h3-13,15-16,23-25,28-29,38H,14,17H2,1-2H3. The summed E-state index contributed by atoms with van der Waals surface area (Å²) in [5.74, 6) is -3.80. The summed E-state index contributed by atoms with van der Waals surface area (Å²) < 4.78 is 6.42. The number of para-hydroxylation sites is 1. The van der Waals surface area contributed by atoms with Gasteiger partial charge in [0, 0.05) is 9.49 Å². The summed E-state index contributed by atoms with van der Waals surface area (Å²) in [6.07, 6.45) is 2.66. The van der Waals surface area contributed by atoms with E-state index in [9.17, 15) is 24.3 Å². The van der Waals surface area contributed by atoms with Crippen molar-refractivity contribution in [3.8, 4) is 11.5 Å². The van der Waals surface area contributed by atoms with E-state index >= 15 is 0 Å². The number of hydrogen-bond donors (Lipinski definition) is 1. The van der Waals surface area contributed by atoms with Crippen molar-refractivity contribution in [3.05, 3.63) is 93.6 Å². The van der Waals surface area contributed by atoms with Crippen LogP contribution in [0, 0.1) is 32.7 Å². The molecule has 2 aliphatic heterocycles. The molecule has 43 heavy (non-hydrogen) atoms. The number of aromatic hydroxyl groups is 1. The zero-order chi connectivity index (χ0) is 30.2. The lowest BCUT2D eigenvalue weighted by atomic mass is 9.51. The van der Waals surface area contributed by atoms with Gasteiger partial charge in [0.25, 0.3) is 0 Å². The zero-order valence-electron chi connectivity index (χ0n) is 23.6. The van der Waals surface area contributed by atoms with Crippen LogP contribution in [0.2, 0.25) is 0 Å². The predicted molar refractivity (Wildman–Crippen MR) is 167 cm³/mol. The minimum Gasteiger partial charge on any atom is -0.504 e. The van der Waals surface area contributed by atoms with Crippen LogP contribution in [0.4, 0.5) is 11.4 Å². The minimum absolute atomic E-state index is 0.0394. The number of hydrogen-bond acceptors (Lipinski definition) is 6. The number of amides is 4. The summed E-state index contributed by atoms with van der Waals surface area (Å²) in [5, 5.41) is 10.4. The predicted octanol–water partition coefficient (Wildman–Crippen LogP) is 5.44. The van der Waals surface area contributed by atoms with Crippen molar-refractivity contribution in [2.24, 2.45) is 29.1 Å². The molecule has 6 atom stereocenters. The van der Waals surface area contributed by atoms with Crippen LogP contribution in [0.3, 0.4) is 0 Å². The Morgan fingerprint density at radius 1 is 0.860 bits per heavy atom. The molecule has 0 aromatic heterocycles. The van der Waals surface area contributed by atoms with Crippen LogP contribution in [0.5, 0.6) is 11.5 Å². The fourth-order valence-corrected chi connectivity index (χ4v) is 8.30. The van der Waals surface area contributed by atoms with Crippen molar-refractivity contribution >= 4 is 57.6 Å². The first-order valence-corrected chi connectivity index (χ1v) is 15.4. The molecule has 0 bridgehead atoms. The number of nitrogens with zero attached hydrogens (tertiary/aromatic N) is 2. The molecule has 1 saturated carbocycles. The SMILES string of the molecule is COc1cc(C2C3=CCC4C(=O)N(c5ccc(I)cc5)C(=O)C4C3CC3C(=O)N(c4ccccc4)C(=O)C32C)ccc1O. The van der Waals surface area contributed by atoms with Crippen LogP contribution >= 0.6 is 22.6 Å². The summed E-state index contributed by atoms with van der Waals surface area (Å²) >= 11 is 2.18. The van der Waals surface area contributed by atoms with Gasteiger partial charge in [0.2, 0.25) is 23.6 Å². The molecule has 0 radical (unpaired) electrons. The molecule has 2 saturated heterocycles. The fourth-order valence-electron chi connectivity index (χ4n) is 7.94. The monoisotopic (exact) mass is 688 g/mol. The molecule has 4 amide bonds. The molecule has 3 fully saturated rings. The highest BCUT2D eigenvalue weighted by Gasteiger charge is 2.67. The fraction of sp³-hybridized carbons (Fsp3) is 0.294. The van der Waals surface area contributed by atoms with Crippen molar-refractivity contribution in [3.63, 3.8) is 0 Å². The Hall–Kier alpha value is -3.99. The molecule has 218 valence electrons. The number of methoxy groups -OCH3 is 1. The summed E-state index contributed by atoms with van der Waals surface area (Å²) in [5.41, 5.74) is 1.47. The van der Waals surface area contributed by atoms with Gasteiger partial charge in [0.15, 0.2) is 11.5 Å². The second kappa shape index (κ2) is 10.0. The van der Waals surface area contributed by atoms with Crippen LogP contribution in [-0.2, 0) is 19.2 Å². The molecular formula is C34H29IN2O6. The van der Waals surface area contributed by atoms with Crippen LogP contribution in [-0.4, -0.2) is 35.8 Å². The maximum Gasteiger partial charge on any atom is 0.241 e. The first-order valence-electron chi connectivity index (χ1n) is 14.3. The van der Waals surface area contributed by atoms with Gasteiger partial charge in [0.1, 0.15) is 0 Å². The van der Waals surface area contributed by atoms with Gasteiger partial charge in [-0.15, -0.1) is 0 Å². The van der Waals surface area contributed by atoms with E-state index in [2.05, 4.69) is 22.6 Å². The Balaban J connectivity index is 1.37. The Kier molecular flexibility index (Phi) is 6.50. The first-order chi connectivity index (χ1) is 20.7. The van der Waals surface area contributed by atoms with Crippen LogP contribution in [0.15, 0.2) is 84.4 Å². The summed E-state index contributed by atoms with van der Waals surface area (Å²) in [6, 6.07) is 21.2. The van der Waals surface area contributed by atoms with Gasteiger partial charge in [-0.25, -0.2) is 4.90 Å². The summed E-state index contributed by atoms with van der Waals surface area (Å²) in [6.45, 7) is 1.84. The lowest BCUT2D eigenvalue weighted by Gasteiger charge is -2.49.